The van der Waals surface area contributed by atoms with Gasteiger partial charge in [-0.15, -0.1) is 11.8 Å². The van der Waals surface area contributed by atoms with E-state index in [-0.39, 0.29) is 0 Å². The molecular weight excluding hydrogens is 222 g/mol. The van der Waals surface area contributed by atoms with Gasteiger partial charge in [-0.1, -0.05) is 25.1 Å². The van der Waals surface area contributed by atoms with E-state index in [1.807, 2.05) is 19.1 Å². The summed E-state index contributed by atoms with van der Waals surface area (Å²) in [7, 11) is 0. The maximum atomic E-state index is 5.86. The Morgan fingerprint density at radius 1 is 1.28 bits per heavy atom. The summed E-state index contributed by atoms with van der Waals surface area (Å²) >= 11 is 0. The summed E-state index contributed by atoms with van der Waals surface area (Å²) in [5.41, 5.74) is 2.28. The van der Waals surface area contributed by atoms with Crippen LogP contribution >= 0.6 is 0 Å². The van der Waals surface area contributed by atoms with E-state index in [4.69, 9.17) is 4.42 Å². The summed E-state index contributed by atoms with van der Waals surface area (Å²) in [6.07, 6.45) is 1.83. The maximum absolute atomic E-state index is 5.86. The molecule has 0 radical (unpaired) electrons. The first kappa shape index (κ1) is 12.7. The Bertz CT molecular complexity index is 572. The highest BCUT2D eigenvalue weighted by Gasteiger charge is 2.11. The summed E-state index contributed by atoms with van der Waals surface area (Å²) in [5, 5.41) is 4.65. The Morgan fingerprint density at radius 2 is 2.11 bits per heavy atom. The third-order valence-corrected chi connectivity index (χ3v) is 3.01. The summed E-state index contributed by atoms with van der Waals surface area (Å²) in [6, 6.07) is 8.23. The van der Waals surface area contributed by atoms with Crippen molar-refractivity contribution in [1.82, 2.24) is 5.32 Å². The van der Waals surface area contributed by atoms with Crippen LogP contribution in [0.3, 0.4) is 0 Å². The topological polar surface area (TPSA) is 25.2 Å². The molecule has 0 bridgehead atoms. The van der Waals surface area contributed by atoms with Crippen LogP contribution in [0, 0.1) is 11.8 Å². The van der Waals surface area contributed by atoms with E-state index >= 15 is 0 Å². The molecule has 1 heterocycles. The molecule has 0 atom stereocenters. The Hall–Kier alpha value is -1.72. The van der Waals surface area contributed by atoms with Crippen molar-refractivity contribution in [1.29, 1.82) is 0 Å². The van der Waals surface area contributed by atoms with Gasteiger partial charge in [-0.2, -0.15) is 0 Å². The van der Waals surface area contributed by atoms with Gasteiger partial charge in [0.25, 0.3) is 0 Å². The highest BCUT2D eigenvalue weighted by Crippen LogP contribution is 2.25. The van der Waals surface area contributed by atoms with Gasteiger partial charge in [0.05, 0.1) is 0 Å². The molecule has 0 aliphatic heterocycles. The number of fused-ring (bicyclic) bond motifs is 1. The van der Waals surface area contributed by atoms with E-state index in [0.29, 0.717) is 0 Å². The third-order valence-electron chi connectivity index (χ3n) is 3.01. The molecular formula is C16H19NO. The number of benzene rings is 1. The number of aryl methyl sites for hydroxylation is 1. The number of para-hydroxylation sites is 1. The Balaban J connectivity index is 2.12. The number of furan rings is 1. The van der Waals surface area contributed by atoms with Crippen LogP contribution in [0.5, 0.6) is 0 Å². The largest absolute Gasteiger partial charge is 0.461 e. The molecule has 0 unspecified atom stereocenters. The third kappa shape index (κ3) is 2.75. The molecule has 1 aromatic carbocycles. The van der Waals surface area contributed by atoms with E-state index < -0.39 is 0 Å². The van der Waals surface area contributed by atoms with Crippen molar-refractivity contribution in [2.75, 3.05) is 6.54 Å². The smallest absolute Gasteiger partial charge is 0.134 e. The van der Waals surface area contributed by atoms with E-state index in [0.717, 1.165) is 37.3 Å². The van der Waals surface area contributed by atoms with Gasteiger partial charge in [-0.3, -0.25) is 0 Å². The molecule has 2 nitrogen and oxygen atoms in total. The standard InChI is InChI=1S/C16H19NO/c1-3-5-8-11-17-12-14-13-9-6-7-10-16(13)18-15(14)4-2/h6-7,9-10,17H,4,8,11-12H2,1-2H3. The maximum Gasteiger partial charge on any atom is 0.134 e. The lowest BCUT2D eigenvalue weighted by Crippen LogP contribution is -2.14. The molecule has 2 aromatic rings. The fraction of sp³-hybridized carbons (Fsp3) is 0.375. The fourth-order valence-corrected chi connectivity index (χ4v) is 2.12. The number of hydrogen-bond acceptors (Lipinski definition) is 2. The van der Waals surface area contributed by atoms with Crippen LogP contribution in [-0.4, -0.2) is 6.54 Å². The molecule has 0 aliphatic rings. The first-order valence-electron chi connectivity index (χ1n) is 6.46. The van der Waals surface area contributed by atoms with Crippen LogP contribution in [0.4, 0.5) is 0 Å². The average molecular weight is 241 g/mol. The molecule has 0 aliphatic carbocycles. The van der Waals surface area contributed by atoms with E-state index in [2.05, 4.69) is 36.2 Å². The molecule has 1 aromatic heterocycles. The molecule has 0 spiro atoms. The van der Waals surface area contributed by atoms with Crippen molar-refractivity contribution < 1.29 is 4.42 Å². The number of nitrogens with one attached hydrogen (secondary N) is 1. The average Bonchev–Trinajstić information content (AvgIpc) is 2.77. The molecule has 0 amide bonds. The number of rotatable bonds is 5. The lowest BCUT2D eigenvalue weighted by molar-refractivity contribution is 0.544. The van der Waals surface area contributed by atoms with Gasteiger partial charge < -0.3 is 9.73 Å². The van der Waals surface area contributed by atoms with Crippen LogP contribution in [0.25, 0.3) is 11.0 Å². The first-order chi connectivity index (χ1) is 8.86. The summed E-state index contributed by atoms with van der Waals surface area (Å²) in [5.74, 6) is 7.05. The monoisotopic (exact) mass is 241 g/mol. The van der Waals surface area contributed by atoms with Gasteiger partial charge in [0.15, 0.2) is 0 Å². The quantitative estimate of drug-likeness (QED) is 0.640. The van der Waals surface area contributed by atoms with Crippen molar-refractivity contribution >= 4 is 11.0 Å². The second-order valence-corrected chi connectivity index (χ2v) is 4.21. The van der Waals surface area contributed by atoms with Crippen molar-refractivity contribution in [3.05, 3.63) is 35.6 Å². The zero-order chi connectivity index (χ0) is 12.8. The minimum absolute atomic E-state index is 0.853. The normalized spacial score (nSPS) is 10.3. The van der Waals surface area contributed by atoms with Crippen LogP contribution in [-0.2, 0) is 13.0 Å². The molecule has 2 rings (SSSR count). The van der Waals surface area contributed by atoms with Crippen molar-refractivity contribution in [2.24, 2.45) is 0 Å². The Morgan fingerprint density at radius 3 is 2.89 bits per heavy atom. The molecule has 0 saturated carbocycles. The molecule has 2 heteroatoms. The Labute approximate surface area is 108 Å². The molecule has 18 heavy (non-hydrogen) atoms. The second-order valence-electron chi connectivity index (χ2n) is 4.21. The van der Waals surface area contributed by atoms with Gasteiger partial charge in [0.2, 0.25) is 0 Å². The number of hydrogen-bond donors (Lipinski definition) is 1. The lowest BCUT2D eigenvalue weighted by atomic mass is 10.1. The predicted molar refractivity (Wildman–Crippen MR) is 75.4 cm³/mol. The van der Waals surface area contributed by atoms with Gasteiger partial charge >= 0.3 is 0 Å². The Kier molecular flexibility index (Phi) is 4.44. The zero-order valence-corrected chi connectivity index (χ0v) is 11.0. The van der Waals surface area contributed by atoms with Crippen molar-refractivity contribution in [3.8, 4) is 11.8 Å². The highest BCUT2D eigenvalue weighted by atomic mass is 16.3. The summed E-state index contributed by atoms with van der Waals surface area (Å²) in [6.45, 7) is 5.78. The first-order valence-corrected chi connectivity index (χ1v) is 6.46. The van der Waals surface area contributed by atoms with Crippen molar-refractivity contribution in [2.45, 2.75) is 33.2 Å². The molecule has 1 N–H and O–H groups in total. The van der Waals surface area contributed by atoms with Gasteiger partial charge in [0, 0.05) is 36.9 Å². The minimum atomic E-state index is 0.853. The van der Waals surface area contributed by atoms with Crippen molar-refractivity contribution in [3.63, 3.8) is 0 Å². The van der Waals surface area contributed by atoms with Crippen LogP contribution < -0.4 is 5.32 Å². The summed E-state index contributed by atoms with van der Waals surface area (Å²) in [4.78, 5) is 0. The van der Waals surface area contributed by atoms with Gasteiger partial charge in [-0.05, 0) is 13.0 Å². The van der Waals surface area contributed by atoms with Crippen LogP contribution in [0.2, 0.25) is 0 Å². The SMILES string of the molecule is CC#CCCNCc1c(CC)oc2ccccc12. The fourth-order valence-electron chi connectivity index (χ4n) is 2.12. The van der Waals surface area contributed by atoms with E-state index in [1.54, 1.807) is 0 Å². The zero-order valence-electron chi connectivity index (χ0n) is 11.0. The minimum Gasteiger partial charge on any atom is -0.461 e. The predicted octanol–water partition coefficient (Wildman–Crippen LogP) is 3.50. The molecule has 94 valence electrons. The molecule has 0 fully saturated rings. The van der Waals surface area contributed by atoms with Gasteiger partial charge in [0.1, 0.15) is 11.3 Å². The van der Waals surface area contributed by atoms with Crippen LogP contribution in [0.15, 0.2) is 28.7 Å². The lowest BCUT2D eigenvalue weighted by Gasteiger charge is -2.02. The van der Waals surface area contributed by atoms with E-state index in [1.165, 1.54) is 10.9 Å². The van der Waals surface area contributed by atoms with Gasteiger partial charge in [-0.25, -0.2) is 0 Å². The second kappa shape index (κ2) is 6.28. The van der Waals surface area contributed by atoms with E-state index in [9.17, 15) is 0 Å². The molecule has 0 saturated heterocycles. The highest BCUT2D eigenvalue weighted by molar-refractivity contribution is 5.82. The summed E-state index contributed by atoms with van der Waals surface area (Å²) < 4.78 is 5.86. The van der Waals surface area contributed by atoms with Crippen LogP contribution in [0.1, 0.15) is 31.6 Å².